The molecule has 0 aromatic heterocycles. The number of alkyl halides is 1. The highest BCUT2D eigenvalue weighted by Gasteiger charge is 2.37. The summed E-state index contributed by atoms with van der Waals surface area (Å²) in [6.45, 7) is 13.7. The van der Waals surface area contributed by atoms with Crippen LogP contribution in [0.2, 0.25) is 0 Å². The average Bonchev–Trinajstić information content (AvgIpc) is 2.35. The van der Waals surface area contributed by atoms with Crippen LogP contribution in [0, 0.1) is 0 Å². The number of rotatable bonds is 6. The maximum Gasteiger partial charge on any atom is 0.134 e. The Balaban J connectivity index is 3.06. The molecule has 0 aliphatic heterocycles. The second kappa shape index (κ2) is 6.90. The highest BCUT2D eigenvalue weighted by molar-refractivity contribution is 8.31. The van der Waals surface area contributed by atoms with Crippen LogP contribution in [-0.2, 0) is 5.88 Å². The van der Waals surface area contributed by atoms with E-state index in [0.717, 1.165) is 11.3 Å². The summed E-state index contributed by atoms with van der Waals surface area (Å²) >= 11 is 5.83. The van der Waals surface area contributed by atoms with E-state index in [9.17, 15) is 0 Å². The first kappa shape index (κ1) is 16.7. The lowest BCUT2D eigenvalue weighted by atomic mass is 10.2. The van der Waals surface area contributed by atoms with Crippen LogP contribution in [0.5, 0.6) is 5.75 Å². The van der Waals surface area contributed by atoms with Crippen molar-refractivity contribution in [1.29, 1.82) is 0 Å². The Morgan fingerprint density at radius 3 is 1.63 bits per heavy atom. The Kier molecular flexibility index (Phi) is 6.07. The zero-order valence-electron chi connectivity index (χ0n) is 12.9. The fraction of sp³-hybridized carbons (Fsp3) is 0.625. The molecule has 0 fully saturated rings. The molecule has 1 aromatic carbocycles. The molecule has 0 saturated carbocycles. The molecule has 1 nitrogen and oxygen atoms in total. The largest absolute Gasteiger partial charge is 0.448 e. The minimum absolute atomic E-state index is 0.542. The van der Waals surface area contributed by atoms with E-state index < -0.39 is 10.3 Å². The van der Waals surface area contributed by atoms with Crippen LogP contribution in [0.25, 0.3) is 0 Å². The van der Waals surface area contributed by atoms with Crippen molar-refractivity contribution < 1.29 is 4.18 Å². The van der Waals surface area contributed by atoms with E-state index in [1.54, 1.807) is 0 Å². The Bertz CT molecular complexity index is 362. The maximum atomic E-state index is 6.53. The Morgan fingerprint density at radius 2 is 1.32 bits per heavy atom. The van der Waals surface area contributed by atoms with Crippen molar-refractivity contribution in [3.63, 3.8) is 0 Å². The van der Waals surface area contributed by atoms with Gasteiger partial charge < -0.3 is 4.18 Å². The fourth-order valence-electron chi connectivity index (χ4n) is 2.72. The summed E-state index contributed by atoms with van der Waals surface area (Å²) in [5.74, 6) is 1.52. The van der Waals surface area contributed by atoms with Crippen LogP contribution < -0.4 is 4.18 Å². The highest BCUT2D eigenvalue weighted by atomic mass is 35.5. The molecule has 0 aliphatic rings. The Hall–Kier alpha value is -0.340. The van der Waals surface area contributed by atoms with E-state index >= 15 is 0 Å². The molecule has 19 heavy (non-hydrogen) atoms. The standard InChI is InChI=1S/C16H27ClOS/c1-12(2)19(13(3)4,14(5)6)18-16-9-7-15(11-17)8-10-16/h7-10,12-14H,11H2,1-6H3. The van der Waals surface area contributed by atoms with Crippen molar-refractivity contribution in [1.82, 2.24) is 0 Å². The molecule has 0 heterocycles. The summed E-state index contributed by atoms with van der Waals surface area (Å²) in [6, 6.07) is 8.19. The smallest absolute Gasteiger partial charge is 0.134 e. The first-order valence-corrected chi connectivity index (χ1v) is 9.27. The first-order valence-electron chi connectivity index (χ1n) is 6.98. The number of hydrogen-bond donors (Lipinski definition) is 0. The van der Waals surface area contributed by atoms with E-state index in [-0.39, 0.29) is 0 Å². The minimum atomic E-state index is -1.15. The van der Waals surface area contributed by atoms with Gasteiger partial charge in [-0.2, -0.15) is 0 Å². The molecular weight excluding hydrogens is 276 g/mol. The van der Waals surface area contributed by atoms with Crippen molar-refractivity contribution >= 4 is 21.9 Å². The van der Waals surface area contributed by atoms with Crippen LogP contribution >= 0.6 is 21.9 Å². The van der Waals surface area contributed by atoms with Crippen molar-refractivity contribution in [2.75, 3.05) is 0 Å². The molecule has 0 N–H and O–H groups in total. The molecule has 0 saturated heterocycles. The topological polar surface area (TPSA) is 9.23 Å². The molecule has 0 amide bonds. The molecular formula is C16H27ClOS. The number of halogens is 1. The highest BCUT2D eigenvalue weighted by Crippen LogP contribution is 2.60. The molecule has 1 aromatic rings. The molecule has 0 unspecified atom stereocenters. The van der Waals surface area contributed by atoms with Gasteiger partial charge in [0.1, 0.15) is 5.75 Å². The predicted molar refractivity (Wildman–Crippen MR) is 89.6 cm³/mol. The third-order valence-electron chi connectivity index (χ3n) is 3.53. The van der Waals surface area contributed by atoms with Gasteiger partial charge in [-0.15, -0.1) is 11.6 Å². The lowest BCUT2D eigenvalue weighted by Gasteiger charge is -2.50. The number of hydrogen-bond acceptors (Lipinski definition) is 1. The summed E-state index contributed by atoms with van der Waals surface area (Å²) in [6.07, 6.45) is 0. The van der Waals surface area contributed by atoms with Crippen molar-refractivity contribution in [2.24, 2.45) is 0 Å². The zero-order chi connectivity index (χ0) is 14.6. The quantitative estimate of drug-likeness (QED) is 0.608. The molecule has 3 heteroatoms. The van der Waals surface area contributed by atoms with E-state index in [4.69, 9.17) is 15.8 Å². The van der Waals surface area contributed by atoms with E-state index in [2.05, 4.69) is 41.5 Å². The van der Waals surface area contributed by atoms with Crippen molar-refractivity contribution in [3.8, 4) is 5.75 Å². The van der Waals surface area contributed by atoms with E-state index in [1.165, 1.54) is 0 Å². The van der Waals surface area contributed by atoms with Gasteiger partial charge >= 0.3 is 0 Å². The van der Waals surface area contributed by atoms with Gasteiger partial charge in [0.15, 0.2) is 0 Å². The van der Waals surface area contributed by atoms with Gasteiger partial charge in [0.25, 0.3) is 0 Å². The normalized spacial score (nSPS) is 13.4. The van der Waals surface area contributed by atoms with Crippen molar-refractivity contribution in [2.45, 2.75) is 63.2 Å². The van der Waals surface area contributed by atoms with Crippen molar-refractivity contribution in [3.05, 3.63) is 29.8 Å². The summed E-state index contributed by atoms with van der Waals surface area (Å²) in [5, 5.41) is 1.63. The van der Waals surface area contributed by atoms with Crippen LogP contribution in [-0.4, -0.2) is 15.7 Å². The second-order valence-electron chi connectivity index (χ2n) is 5.70. The van der Waals surface area contributed by atoms with E-state index in [1.807, 2.05) is 24.3 Å². The third-order valence-corrected chi connectivity index (χ3v) is 8.74. The summed E-state index contributed by atoms with van der Waals surface area (Å²) in [7, 11) is -1.15. The Labute approximate surface area is 125 Å². The summed E-state index contributed by atoms with van der Waals surface area (Å²) < 4.78 is 6.53. The van der Waals surface area contributed by atoms with Crippen LogP contribution in [0.3, 0.4) is 0 Å². The van der Waals surface area contributed by atoms with Crippen LogP contribution in [0.4, 0.5) is 0 Å². The third kappa shape index (κ3) is 3.61. The van der Waals surface area contributed by atoms with Gasteiger partial charge in [-0.3, -0.25) is 0 Å². The molecule has 0 bridgehead atoms. The maximum absolute atomic E-state index is 6.53. The lowest BCUT2D eigenvalue weighted by Crippen LogP contribution is -2.32. The molecule has 0 radical (unpaired) electrons. The van der Waals surface area contributed by atoms with E-state index in [0.29, 0.717) is 21.6 Å². The molecule has 110 valence electrons. The first-order chi connectivity index (χ1) is 8.84. The van der Waals surface area contributed by atoms with Gasteiger partial charge in [0, 0.05) is 21.6 Å². The minimum Gasteiger partial charge on any atom is -0.448 e. The van der Waals surface area contributed by atoms with Gasteiger partial charge in [-0.05, 0) is 17.7 Å². The van der Waals surface area contributed by atoms with Gasteiger partial charge in [0.05, 0.1) is 0 Å². The fourth-order valence-corrected chi connectivity index (χ4v) is 7.19. The summed E-state index contributed by atoms with van der Waals surface area (Å²) in [5.41, 5.74) is 1.13. The van der Waals surface area contributed by atoms with Gasteiger partial charge in [-0.25, -0.2) is 0 Å². The molecule has 0 spiro atoms. The zero-order valence-corrected chi connectivity index (χ0v) is 14.5. The molecule has 1 rings (SSSR count). The lowest BCUT2D eigenvalue weighted by molar-refractivity contribution is 0.583. The SMILES string of the molecule is CC(C)S(Oc1ccc(CCl)cc1)(C(C)C)C(C)C. The Morgan fingerprint density at radius 1 is 0.895 bits per heavy atom. The van der Waals surface area contributed by atoms with Gasteiger partial charge in [0.2, 0.25) is 0 Å². The predicted octanol–water partition coefficient (Wildman–Crippen LogP) is 5.75. The molecule has 0 atom stereocenters. The van der Waals surface area contributed by atoms with Crippen LogP contribution in [0.1, 0.15) is 47.1 Å². The summed E-state index contributed by atoms with van der Waals surface area (Å²) in [4.78, 5) is 0. The average molecular weight is 303 g/mol. The molecule has 0 aliphatic carbocycles. The van der Waals surface area contributed by atoms with Crippen LogP contribution in [0.15, 0.2) is 24.3 Å². The van der Waals surface area contributed by atoms with Gasteiger partial charge in [-0.1, -0.05) is 64.0 Å². The second-order valence-corrected chi connectivity index (χ2v) is 10.4. The monoisotopic (exact) mass is 302 g/mol. The number of benzene rings is 1.